The van der Waals surface area contributed by atoms with Gasteiger partial charge < -0.3 is 0 Å². The van der Waals surface area contributed by atoms with Gasteiger partial charge in [-0.15, -0.1) is 0 Å². The molecule has 0 bridgehead atoms. The molecule has 0 aromatic rings. The van der Waals surface area contributed by atoms with E-state index in [1.807, 2.05) is 0 Å². The third kappa shape index (κ3) is 4.26. The van der Waals surface area contributed by atoms with E-state index >= 15 is 0 Å². The van der Waals surface area contributed by atoms with E-state index < -0.39 is 6.23 Å². The van der Waals surface area contributed by atoms with Gasteiger partial charge >= 0.3 is 86.7 Å². The fourth-order valence-electron chi connectivity index (χ4n) is 1.48. The molecule has 0 aromatic heterocycles. The molecule has 1 heterocycles. The zero-order valence-electron chi connectivity index (χ0n) is 8.49. The van der Waals surface area contributed by atoms with Gasteiger partial charge in [-0.25, -0.2) is 0 Å². The number of hydrogen-bond donors (Lipinski definition) is 1. The van der Waals surface area contributed by atoms with E-state index in [1.54, 1.807) is 0 Å². The molecule has 2 nitrogen and oxygen atoms in total. The van der Waals surface area contributed by atoms with Gasteiger partial charge in [0.2, 0.25) is 0 Å². The van der Waals surface area contributed by atoms with Gasteiger partial charge in [0.1, 0.15) is 0 Å². The maximum absolute atomic E-state index is 9.43. The Balaban J connectivity index is 2.31. The molecule has 1 N–H and O–H groups in total. The van der Waals surface area contributed by atoms with Gasteiger partial charge in [0.25, 0.3) is 0 Å². The van der Waals surface area contributed by atoms with Crippen LogP contribution >= 0.6 is 0 Å². The van der Waals surface area contributed by atoms with Crippen molar-refractivity contribution in [3.63, 3.8) is 0 Å². The first-order valence-electron chi connectivity index (χ1n) is 5.13. The molecule has 0 radical (unpaired) electrons. The molecule has 0 saturated carbocycles. The van der Waals surface area contributed by atoms with E-state index in [2.05, 4.69) is 18.8 Å². The molecule has 1 rings (SSSR count). The SMILES string of the molecule is CCCCCC1=N[C@@H](O)C[C@@H](C)[Se]1. The minimum atomic E-state index is -0.401. The van der Waals surface area contributed by atoms with Crippen molar-refractivity contribution in [1.82, 2.24) is 0 Å². The molecular formula is C10H19NOSe. The Labute approximate surface area is 87.0 Å². The van der Waals surface area contributed by atoms with Crippen LogP contribution in [0.2, 0.25) is 4.82 Å². The van der Waals surface area contributed by atoms with E-state index in [0.717, 1.165) is 12.8 Å². The predicted octanol–water partition coefficient (Wildman–Crippen LogP) is 2.20. The topological polar surface area (TPSA) is 32.6 Å². The Morgan fingerprint density at radius 1 is 1.54 bits per heavy atom. The number of rotatable bonds is 4. The van der Waals surface area contributed by atoms with Gasteiger partial charge in [0.15, 0.2) is 0 Å². The average Bonchev–Trinajstić information content (AvgIpc) is 2.03. The third-order valence-electron chi connectivity index (χ3n) is 2.17. The Morgan fingerprint density at radius 3 is 2.92 bits per heavy atom. The zero-order valence-corrected chi connectivity index (χ0v) is 10.2. The van der Waals surface area contributed by atoms with Crippen LogP contribution in [-0.4, -0.2) is 30.9 Å². The fourth-order valence-corrected chi connectivity index (χ4v) is 3.95. The summed E-state index contributed by atoms with van der Waals surface area (Å²) in [6.07, 6.45) is 5.39. The van der Waals surface area contributed by atoms with E-state index in [-0.39, 0.29) is 0 Å². The molecule has 3 heteroatoms. The standard InChI is InChI=1S/C10H19NOSe/c1-3-4-5-6-10-11-9(12)7-8(2)13-10/h8-9,12H,3-7H2,1-2H3/t8-,9+/m1/s1. The van der Waals surface area contributed by atoms with Crippen molar-refractivity contribution in [2.24, 2.45) is 4.99 Å². The van der Waals surface area contributed by atoms with Crippen LogP contribution in [-0.2, 0) is 0 Å². The molecule has 13 heavy (non-hydrogen) atoms. The molecule has 0 fully saturated rings. The summed E-state index contributed by atoms with van der Waals surface area (Å²) in [6.45, 7) is 4.43. The normalized spacial score (nSPS) is 28.7. The molecule has 0 aliphatic carbocycles. The number of unbranched alkanes of at least 4 members (excludes halogenated alkanes) is 2. The van der Waals surface area contributed by atoms with Gasteiger partial charge in [-0.1, -0.05) is 0 Å². The number of nitrogens with zero attached hydrogens (tertiary/aromatic N) is 1. The summed E-state index contributed by atoms with van der Waals surface area (Å²) in [4.78, 5) is 4.98. The number of hydrogen-bond acceptors (Lipinski definition) is 2. The van der Waals surface area contributed by atoms with Crippen molar-refractivity contribution in [3.05, 3.63) is 0 Å². The Kier molecular flexibility index (Phi) is 5.00. The first kappa shape index (κ1) is 11.2. The summed E-state index contributed by atoms with van der Waals surface area (Å²) in [5.41, 5.74) is 0. The Hall–Kier alpha value is 0.149. The van der Waals surface area contributed by atoms with Gasteiger partial charge in [0.05, 0.1) is 0 Å². The summed E-state index contributed by atoms with van der Waals surface area (Å²) in [6, 6.07) is 0. The van der Waals surface area contributed by atoms with Crippen LogP contribution in [0, 0.1) is 0 Å². The van der Waals surface area contributed by atoms with Crippen LogP contribution in [0.4, 0.5) is 0 Å². The van der Waals surface area contributed by atoms with Gasteiger partial charge in [0, 0.05) is 0 Å². The summed E-state index contributed by atoms with van der Waals surface area (Å²) in [5.74, 6) is 0. The Morgan fingerprint density at radius 2 is 2.31 bits per heavy atom. The molecule has 0 unspecified atom stereocenters. The van der Waals surface area contributed by atoms with Crippen LogP contribution in [0.15, 0.2) is 4.99 Å². The summed E-state index contributed by atoms with van der Waals surface area (Å²) < 4.78 is 1.30. The van der Waals surface area contributed by atoms with E-state index in [1.165, 1.54) is 23.9 Å². The molecule has 1 aliphatic heterocycles. The number of aliphatic imine (C=N–C) groups is 1. The maximum atomic E-state index is 9.43. The number of aliphatic hydroxyl groups is 1. The molecular weight excluding hydrogens is 229 g/mol. The monoisotopic (exact) mass is 249 g/mol. The van der Waals surface area contributed by atoms with Crippen molar-refractivity contribution in [2.75, 3.05) is 0 Å². The fraction of sp³-hybridized carbons (Fsp3) is 0.900. The van der Waals surface area contributed by atoms with Crippen LogP contribution in [0.5, 0.6) is 0 Å². The summed E-state index contributed by atoms with van der Waals surface area (Å²) in [7, 11) is 0. The number of aliphatic hydroxyl groups excluding tert-OH is 1. The molecule has 76 valence electrons. The first-order chi connectivity index (χ1) is 6.22. The average molecular weight is 248 g/mol. The Bertz CT molecular complexity index is 182. The quantitative estimate of drug-likeness (QED) is 0.600. The second-order valence-corrected chi connectivity index (χ2v) is 6.80. The molecule has 2 atom stereocenters. The van der Waals surface area contributed by atoms with Gasteiger partial charge in [-0.05, 0) is 0 Å². The van der Waals surface area contributed by atoms with Crippen LogP contribution < -0.4 is 0 Å². The second kappa shape index (κ2) is 5.79. The zero-order chi connectivity index (χ0) is 9.68. The van der Waals surface area contributed by atoms with Gasteiger partial charge in [-0.2, -0.15) is 0 Å². The second-order valence-electron chi connectivity index (χ2n) is 3.62. The van der Waals surface area contributed by atoms with Crippen molar-refractivity contribution >= 4 is 19.6 Å². The molecule has 0 amide bonds. The van der Waals surface area contributed by atoms with Crippen molar-refractivity contribution in [3.8, 4) is 0 Å². The van der Waals surface area contributed by atoms with Crippen molar-refractivity contribution in [2.45, 2.75) is 57.0 Å². The molecule has 0 aromatic carbocycles. The summed E-state index contributed by atoms with van der Waals surface area (Å²) >= 11 is 0.549. The van der Waals surface area contributed by atoms with Crippen molar-refractivity contribution in [1.29, 1.82) is 0 Å². The van der Waals surface area contributed by atoms with E-state index in [4.69, 9.17) is 0 Å². The first-order valence-corrected chi connectivity index (χ1v) is 6.98. The van der Waals surface area contributed by atoms with E-state index in [9.17, 15) is 5.11 Å². The third-order valence-corrected chi connectivity index (χ3v) is 4.64. The summed E-state index contributed by atoms with van der Waals surface area (Å²) in [5, 5.41) is 9.43. The van der Waals surface area contributed by atoms with Gasteiger partial charge in [-0.3, -0.25) is 0 Å². The molecule has 1 aliphatic rings. The van der Waals surface area contributed by atoms with Crippen molar-refractivity contribution < 1.29 is 5.11 Å². The van der Waals surface area contributed by atoms with Crippen LogP contribution in [0.3, 0.4) is 0 Å². The predicted molar refractivity (Wildman–Crippen MR) is 57.4 cm³/mol. The van der Waals surface area contributed by atoms with Crippen LogP contribution in [0.25, 0.3) is 0 Å². The van der Waals surface area contributed by atoms with Crippen LogP contribution in [0.1, 0.15) is 46.0 Å². The molecule has 0 spiro atoms. The molecule has 0 saturated heterocycles. The van der Waals surface area contributed by atoms with E-state index in [0.29, 0.717) is 19.8 Å². The minimum absolute atomic E-state index is 0.401.